The summed E-state index contributed by atoms with van der Waals surface area (Å²) in [6.07, 6.45) is 3.97. The van der Waals surface area contributed by atoms with Crippen molar-refractivity contribution >= 4 is 0 Å². The van der Waals surface area contributed by atoms with Crippen LogP contribution in [-0.2, 0) is 0 Å². The van der Waals surface area contributed by atoms with Crippen LogP contribution in [0.3, 0.4) is 0 Å². The largest absolute Gasteiger partial charge is 0.327 e. The first-order valence-corrected chi connectivity index (χ1v) is 7.77. The molecule has 2 fully saturated rings. The van der Waals surface area contributed by atoms with E-state index in [1.807, 2.05) is 0 Å². The van der Waals surface area contributed by atoms with Crippen molar-refractivity contribution in [2.45, 2.75) is 38.1 Å². The van der Waals surface area contributed by atoms with Crippen LogP contribution in [0, 0.1) is 11.8 Å². The van der Waals surface area contributed by atoms with E-state index in [4.69, 9.17) is 5.73 Å². The van der Waals surface area contributed by atoms with Gasteiger partial charge in [0.2, 0.25) is 0 Å². The Balaban J connectivity index is 1.60. The summed E-state index contributed by atoms with van der Waals surface area (Å²) in [5, 5.41) is 0. The van der Waals surface area contributed by atoms with E-state index >= 15 is 0 Å². The fourth-order valence-electron chi connectivity index (χ4n) is 4.03. The number of nitrogens with zero attached hydrogens (tertiary/aromatic N) is 1. The molecule has 0 amide bonds. The van der Waals surface area contributed by atoms with Gasteiger partial charge in [-0.05, 0) is 36.2 Å². The summed E-state index contributed by atoms with van der Waals surface area (Å²) in [5.74, 6) is 2.25. The Morgan fingerprint density at radius 3 is 2.74 bits per heavy atom. The number of nitrogens with two attached hydrogens (primary N) is 1. The number of hydrogen-bond donors (Lipinski definition) is 1. The van der Waals surface area contributed by atoms with Gasteiger partial charge in [-0.15, -0.1) is 0 Å². The molecule has 4 unspecified atom stereocenters. The van der Waals surface area contributed by atoms with E-state index in [1.54, 1.807) is 0 Å². The van der Waals surface area contributed by atoms with Crippen molar-refractivity contribution in [3.63, 3.8) is 0 Å². The second-order valence-electron chi connectivity index (χ2n) is 6.55. The monoisotopic (exact) mass is 258 g/mol. The van der Waals surface area contributed by atoms with E-state index in [0.29, 0.717) is 12.0 Å². The summed E-state index contributed by atoms with van der Waals surface area (Å²) in [7, 11) is 0. The van der Waals surface area contributed by atoms with Crippen molar-refractivity contribution in [2.75, 3.05) is 19.6 Å². The normalized spacial score (nSPS) is 33.1. The lowest BCUT2D eigenvalue weighted by molar-refractivity contribution is 0.259. The van der Waals surface area contributed by atoms with E-state index in [9.17, 15) is 0 Å². The zero-order chi connectivity index (χ0) is 13.2. The van der Waals surface area contributed by atoms with Gasteiger partial charge in [0, 0.05) is 25.7 Å². The van der Waals surface area contributed by atoms with Gasteiger partial charge in [0.15, 0.2) is 0 Å². The highest BCUT2D eigenvalue weighted by Gasteiger charge is 2.38. The predicted octanol–water partition coefficient (Wildman–Crippen LogP) is 2.85. The van der Waals surface area contributed by atoms with E-state index in [1.165, 1.54) is 44.5 Å². The van der Waals surface area contributed by atoms with Crippen LogP contribution in [0.15, 0.2) is 30.3 Å². The Morgan fingerprint density at radius 1 is 1.21 bits per heavy atom. The maximum Gasteiger partial charge on any atom is 0.00825 e. The fraction of sp³-hybridized carbons (Fsp3) is 0.647. The van der Waals surface area contributed by atoms with Crippen molar-refractivity contribution in [1.29, 1.82) is 0 Å². The van der Waals surface area contributed by atoms with Crippen LogP contribution < -0.4 is 5.73 Å². The molecule has 0 spiro atoms. The second-order valence-corrected chi connectivity index (χ2v) is 6.55. The number of rotatable bonds is 3. The van der Waals surface area contributed by atoms with E-state index in [2.05, 4.69) is 42.2 Å². The molecule has 0 radical (unpaired) electrons. The molecule has 0 aromatic heterocycles. The maximum atomic E-state index is 6.30. The summed E-state index contributed by atoms with van der Waals surface area (Å²) in [6, 6.07) is 11.3. The number of fused-ring (bicyclic) bond motifs is 1. The molecule has 1 heterocycles. The number of benzene rings is 1. The van der Waals surface area contributed by atoms with E-state index in [-0.39, 0.29) is 0 Å². The van der Waals surface area contributed by atoms with Crippen LogP contribution in [0.2, 0.25) is 0 Å². The standard InChI is InChI=1S/C17H26N2/c1-13(14-6-3-2-4-7-14)10-19-11-15-8-5-9-17(18)16(15)12-19/h2-4,6-7,13,15-17H,5,8-12,18H2,1H3. The molecule has 1 saturated heterocycles. The molecule has 104 valence electrons. The van der Waals surface area contributed by atoms with Gasteiger partial charge in [-0.2, -0.15) is 0 Å². The molecular weight excluding hydrogens is 232 g/mol. The summed E-state index contributed by atoms with van der Waals surface area (Å²) in [5.41, 5.74) is 7.76. The lowest BCUT2D eigenvalue weighted by atomic mass is 9.78. The Bertz CT molecular complexity index is 403. The summed E-state index contributed by atoms with van der Waals surface area (Å²) < 4.78 is 0. The fourth-order valence-corrected chi connectivity index (χ4v) is 4.03. The number of likely N-dealkylation sites (tertiary alicyclic amines) is 1. The molecule has 1 aromatic carbocycles. The molecule has 0 bridgehead atoms. The van der Waals surface area contributed by atoms with Gasteiger partial charge in [-0.1, -0.05) is 43.7 Å². The summed E-state index contributed by atoms with van der Waals surface area (Å²) >= 11 is 0. The Morgan fingerprint density at radius 2 is 2.00 bits per heavy atom. The van der Waals surface area contributed by atoms with Crippen molar-refractivity contribution in [3.8, 4) is 0 Å². The Labute approximate surface area is 117 Å². The molecule has 19 heavy (non-hydrogen) atoms. The number of hydrogen-bond acceptors (Lipinski definition) is 2. The molecule has 2 aliphatic rings. The first kappa shape index (κ1) is 13.1. The third-order valence-electron chi connectivity index (χ3n) is 5.13. The van der Waals surface area contributed by atoms with Gasteiger partial charge in [-0.25, -0.2) is 0 Å². The lowest BCUT2D eigenvalue weighted by Crippen LogP contribution is -2.38. The molecule has 2 N–H and O–H groups in total. The minimum absolute atomic E-state index is 0.454. The molecule has 2 nitrogen and oxygen atoms in total. The highest BCUT2D eigenvalue weighted by atomic mass is 15.2. The quantitative estimate of drug-likeness (QED) is 0.903. The van der Waals surface area contributed by atoms with Crippen molar-refractivity contribution in [2.24, 2.45) is 17.6 Å². The Kier molecular flexibility index (Phi) is 3.90. The molecule has 1 saturated carbocycles. The highest BCUT2D eigenvalue weighted by Crippen LogP contribution is 2.36. The SMILES string of the molecule is CC(CN1CC2CCCC(N)C2C1)c1ccccc1. The lowest BCUT2D eigenvalue weighted by Gasteiger charge is -2.30. The second kappa shape index (κ2) is 5.64. The van der Waals surface area contributed by atoms with Crippen LogP contribution in [0.25, 0.3) is 0 Å². The third kappa shape index (κ3) is 2.85. The van der Waals surface area contributed by atoms with Gasteiger partial charge >= 0.3 is 0 Å². The van der Waals surface area contributed by atoms with Crippen LogP contribution in [0.5, 0.6) is 0 Å². The van der Waals surface area contributed by atoms with Crippen LogP contribution in [-0.4, -0.2) is 30.6 Å². The van der Waals surface area contributed by atoms with Gasteiger partial charge < -0.3 is 10.6 Å². The first-order valence-electron chi connectivity index (χ1n) is 7.77. The first-order chi connectivity index (χ1) is 9.24. The van der Waals surface area contributed by atoms with Crippen molar-refractivity contribution in [1.82, 2.24) is 4.90 Å². The van der Waals surface area contributed by atoms with Crippen molar-refractivity contribution in [3.05, 3.63) is 35.9 Å². The van der Waals surface area contributed by atoms with Crippen LogP contribution >= 0.6 is 0 Å². The van der Waals surface area contributed by atoms with Crippen LogP contribution in [0.1, 0.15) is 37.7 Å². The van der Waals surface area contributed by atoms with Gasteiger partial charge in [0.25, 0.3) is 0 Å². The summed E-state index contributed by atoms with van der Waals surface area (Å²) in [4.78, 5) is 2.65. The molecule has 4 atom stereocenters. The van der Waals surface area contributed by atoms with Crippen LogP contribution in [0.4, 0.5) is 0 Å². The van der Waals surface area contributed by atoms with Gasteiger partial charge in [0.1, 0.15) is 0 Å². The zero-order valence-electron chi connectivity index (χ0n) is 12.0. The van der Waals surface area contributed by atoms with Crippen molar-refractivity contribution < 1.29 is 0 Å². The third-order valence-corrected chi connectivity index (χ3v) is 5.13. The zero-order valence-corrected chi connectivity index (χ0v) is 12.0. The Hall–Kier alpha value is -0.860. The summed E-state index contributed by atoms with van der Waals surface area (Å²) in [6.45, 7) is 6.03. The smallest absolute Gasteiger partial charge is 0.00825 e. The van der Waals surface area contributed by atoms with Gasteiger partial charge in [0.05, 0.1) is 0 Å². The highest BCUT2D eigenvalue weighted by molar-refractivity contribution is 5.19. The van der Waals surface area contributed by atoms with Gasteiger partial charge in [-0.3, -0.25) is 0 Å². The molecular formula is C17H26N2. The average molecular weight is 258 g/mol. The molecule has 1 aliphatic carbocycles. The maximum absolute atomic E-state index is 6.30. The minimum Gasteiger partial charge on any atom is -0.327 e. The molecule has 1 aliphatic heterocycles. The molecule has 1 aromatic rings. The molecule has 2 heteroatoms. The average Bonchev–Trinajstić information content (AvgIpc) is 2.84. The topological polar surface area (TPSA) is 29.3 Å². The van der Waals surface area contributed by atoms with E-state index in [0.717, 1.165) is 11.8 Å². The predicted molar refractivity (Wildman–Crippen MR) is 80.1 cm³/mol. The molecule has 3 rings (SSSR count). The minimum atomic E-state index is 0.454. The van der Waals surface area contributed by atoms with E-state index < -0.39 is 0 Å².